The Morgan fingerprint density at radius 3 is 3.07 bits per heavy atom. The minimum Gasteiger partial charge on any atom is -0.409 e. The molecule has 86 valence electrons. The van der Waals surface area contributed by atoms with E-state index in [1.54, 1.807) is 0 Å². The Morgan fingerprint density at radius 1 is 1.80 bits per heavy atom. The summed E-state index contributed by atoms with van der Waals surface area (Å²) in [4.78, 5) is 11.6. The number of amides is 1. The molecule has 1 saturated heterocycles. The van der Waals surface area contributed by atoms with Crippen LogP contribution in [0.5, 0.6) is 0 Å². The van der Waals surface area contributed by atoms with E-state index in [1.165, 1.54) is 0 Å². The second-order valence-electron chi connectivity index (χ2n) is 3.77. The molecule has 2 atom stereocenters. The van der Waals surface area contributed by atoms with Crippen LogP contribution in [-0.4, -0.2) is 36.2 Å². The van der Waals surface area contributed by atoms with Crippen molar-refractivity contribution in [2.75, 3.05) is 13.2 Å². The summed E-state index contributed by atoms with van der Waals surface area (Å²) in [5.41, 5.74) is 5.33. The summed E-state index contributed by atoms with van der Waals surface area (Å²) in [6.07, 6.45) is 1.11. The normalized spacial score (nSPS) is 23.8. The number of nitrogens with zero attached hydrogens (tertiary/aromatic N) is 1. The number of amidine groups is 1. The molecule has 1 rings (SSSR count). The van der Waals surface area contributed by atoms with Crippen LogP contribution in [0, 0.1) is 5.92 Å². The molecule has 1 fully saturated rings. The Kier molecular flexibility index (Phi) is 4.36. The number of ether oxygens (including phenoxy) is 1. The number of nitrogens with two attached hydrogens (primary N) is 1. The number of hydrogen-bond acceptors (Lipinski definition) is 4. The molecule has 0 aromatic rings. The second-order valence-corrected chi connectivity index (χ2v) is 3.77. The summed E-state index contributed by atoms with van der Waals surface area (Å²) in [5, 5.41) is 14.0. The van der Waals surface area contributed by atoms with Gasteiger partial charge in [0.1, 0.15) is 5.84 Å². The molecule has 15 heavy (non-hydrogen) atoms. The molecule has 0 radical (unpaired) electrons. The first-order chi connectivity index (χ1) is 7.13. The lowest BCUT2D eigenvalue weighted by Crippen LogP contribution is -2.39. The van der Waals surface area contributed by atoms with Crippen molar-refractivity contribution in [2.24, 2.45) is 16.8 Å². The number of rotatable bonds is 4. The van der Waals surface area contributed by atoms with E-state index in [1.807, 2.05) is 6.92 Å². The van der Waals surface area contributed by atoms with Crippen LogP contribution in [0.1, 0.15) is 19.8 Å². The van der Waals surface area contributed by atoms with Gasteiger partial charge in [-0.3, -0.25) is 4.79 Å². The molecular weight excluding hydrogens is 198 g/mol. The Bertz CT molecular complexity index is 249. The summed E-state index contributed by atoms with van der Waals surface area (Å²) < 4.78 is 5.11. The highest BCUT2D eigenvalue weighted by molar-refractivity contribution is 5.82. The van der Waals surface area contributed by atoms with Gasteiger partial charge in [-0.2, -0.15) is 0 Å². The number of nitrogens with one attached hydrogen (secondary N) is 1. The van der Waals surface area contributed by atoms with E-state index < -0.39 is 0 Å². The third-order valence-electron chi connectivity index (χ3n) is 2.33. The third kappa shape index (κ3) is 3.75. The van der Waals surface area contributed by atoms with Gasteiger partial charge >= 0.3 is 0 Å². The van der Waals surface area contributed by atoms with Gasteiger partial charge in [-0.05, 0) is 13.3 Å². The van der Waals surface area contributed by atoms with Crippen molar-refractivity contribution < 1.29 is 14.7 Å². The standard InChI is InChI=1S/C9H17N3O3/c1-6(4-8(10)12-14)11-9(13)7-2-3-15-5-7/h6-7,14H,2-5H2,1H3,(H2,10,12)(H,11,13). The lowest BCUT2D eigenvalue weighted by atomic mass is 10.1. The van der Waals surface area contributed by atoms with Crippen LogP contribution >= 0.6 is 0 Å². The van der Waals surface area contributed by atoms with E-state index in [2.05, 4.69) is 10.5 Å². The number of oxime groups is 1. The summed E-state index contributed by atoms with van der Waals surface area (Å²) in [5.74, 6) is 0.0379. The molecule has 0 aromatic heterocycles. The highest BCUT2D eigenvalue weighted by Crippen LogP contribution is 2.12. The minimum absolute atomic E-state index is 0.0225. The largest absolute Gasteiger partial charge is 0.409 e. The van der Waals surface area contributed by atoms with Gasteiger partial charge in [-0.15, -0.1) is 0 Å². The summed E-state index contributed by atoms with van der Waals surface area (Å²) >= 11 is 0. The van der Waals surface area contributed by atoms with E-state index in [9.17, 15) is 4.79 Å². The molecule has 0 aliphatic carbocycles. The molecule has 1 aliphatic rings. The molecule has 0 saturated carbocycles. The van der Waals surface area contributed by atoms with Crippen molar-refractivity contribution in [3.63, 3.8) is 0 Å². The summed E-state index contributed by atoms with van der Waals surface area (Å²) in [6, 6.07) is -0.131. The minimum atomic E-state index is -0.131. The SMILES string of the molecule is CC(CC(N)=NO)NC(=O)C1CCOC1. The van der Waals surface area contributed by atoms with Gasteiger partial charge in [0.05, 0.1) is 12.5 Å². The van der Waals surface area contributed by atoms with Crippen molar-refractivity contribution >= 4 is 11.7 Å². The highest BCUT2D eigenvalue weighted by Gasteiger charge is 2.24. The fraction of sp³-hybridized carbons (Fsp3) is 0.778. The number of carbonyl (C=O) groups excluding carboxylic acids is 1. The van der Waals surface area contributed by atoms with Crippen molar-refractivity contribution in [1.82, 2.24) is 5.32 Å². The maximum absolute atomic E-state index is 11.6. The van der Waals surface area contributed by atoms with Crippen molar-refractivity contribution in [3.05, 3.63) is 0 Å². The predicted molar refractivity (Wildman–Crippen MR) is 54.6 cm³/mol. The first-order valence-electron chi connectivity index (χ1n) is 4.98. The van der Waals surface area contributed by atoms with E-state index in [-0.39, 0.29) is 23.7 Å². The van der Waals surface area contributed by atoms with Gasteiger partial charge in [-0.1, -0.05) is 5.16 Å². The molecular formula is C9H17N3O3. The van der Waals surface area contributed by atoms with Crippen LogP contribution in [0.25, 0.3) is 0 Å². The van der Waals surface area contributed by atoms with Crippen LogP contribution in [-0.2, 0) is 9.53 Å². The number of hydrogen-bond donors (Lipinski definition) is 3. The van der Waals surface area contributed by atoms with Crippen molar-refractivity contribution in [2.45, 2.75) is 25.8 Å². The monoisotopic (exact) mass is 215 g/mol. The Hall–Kier alpha value is -1.30. The Morgan fingerprint density at radius 2 is 2.53 bits per heavy atom. The second kappa shape index (κ2) is 5.55. The molecule has 1 amide bonds. The Labute approximate surface area is 88.5 Å². The first-order valence-corrected chi connectivity index (χ1v) is 4.98. The van der Waals surface area contributed by atoms with E-state index in [0.29, 0.717) is 19.6 Å². The van der Waals surface area contributed by atoms with Crippen molar-refractivity contribution in [1.29, 1.82) is 0 Å². The number of carbonyl (C=O) groups is 1. The van der Waals surface area contributed by atoms with Gasteiger partial charge in [0.25, 0.3) is 0 Å². The van der Waals surface area contributed by atoms with E-state index in [0.717, 1.165) is 6.42 Å². The van der Waals surface area contributed by atoms with Gasteiger partial charge in [0.2, 0.25) is 5.91 Å². The molecule has 6 nitrogen and oxygen atoms in total. The van der Waals surface area contributed by atoms with Crippen LogP contribution in [0.3, 0.4) is 0 Å². The lowest BCUT2D eigenvalue weighted by molar-refractivity contribution is -0.125. The van der Waals surface area contributed by atoms with Gasteiger partial charge in [0.15, 0.2) is 0 Å². The maximum atomic E-state index is 11.6. The maximum Gasteiger partial charge on any atom is 0.225 e. The topological polar surface area (TPSA) is 96.9 Å². The molecule has 1 aliphatic heterocycles. The molecule has 4 N–H and O–H groups in total. The zero-order valence-electron chi connectivity index (χ0n) is 8.77. The van der Waals surface area contributed by atoms with Crippen LogP contribution in [0.4, 0.5) is 0 Å². The average molecular weight is 215 g/mol. The van der Waals surface area contributed by atoms with Gasteiger partial charge in [-0.25, -0.2) is 0 Å². The highest BCUT2D eigenvalue weighted by atomic mass is 16.5. The van der Waals surface area contributed by atoms with Gasteiger partial charge < -0.3 is 21.0 Å². The van der Waals surface area contributed by atoms with E-state index >= 15 is 0 Å². The molecule has 0 aromatic carbocycles. The summed E-state index contributed by atoms with van der Waals surface area (Å²) in [6.45, 7) is 2.95. The zero-order chi connectivity index (χ0) is 11.3. The van der Waals surface area contributed by atoms with Crippen LogP contribution < -0.4 is 11.1 Å². The molecule has 1 heterocycles. The van der Waals surface area contributed by atoms with Gasteiger partial charge in [0, 0.05) is 19.1 Å². The zero-order valence-corrected chi connectivity index (χ0v) is 8.77. The predicted octanol–water partition coefficient (Wildman–Crippen LogP) is -0.336. The Balaban J connectivity index is 2.30. The summed E-state index contributed by atoms with van der Waals surface area (Å²) in [7, 11) is 0. The smallest absolute Gasteiger partial charge is 0.225 e. The van der Waals surface area contributed by atoms with E-state index in [4.69, 9.17) is 15.7 Å². The molecule has 0 spiro atoms. The van der Waals surface area contributed by atoms with Crippen molar-refractivity contribution in [3.8, 4) is 0 Å². The first kappa shape index (κ1) is 11.8. The third-order valence-corrected chi connectivity index (χ3v) is 2.33. The lowest BCUT2D eigenvalue weighted by Gasteiger charge is -2.15. The van der Waals surface area contributed by atoms with Crippen LogP contribution in [0.15, 0.2) is 5.16 Å². The molecule has 2 unspecified atom stereocenters. The fourth-order valence-corrected chi connectivity index (χ4v) is 1.51. The van der Waals surface area contributed by atoms with Crippen LogP contribution in [0.2, 0.25) is 0 Å². The average Bonchev–Trinajstić information content (AvgIpc) is 2.70. The fourth-order valence-electron chi connectivity index (χ4n) is 1.51. The quantitative estimate of drug-likeness (QED) is 0.259. The molecule has 0 bridgehead atoms. The molecule has 6 heteroatoms.